The summed E-state index contributed by atoms with van der Waals surface area (Å²) in [7, 11) is 0. The minimum atomic E-state index is -0.161. The van der Waals surface area contributed by atoms with Crippen LogP contribution in [0.25, 0.3) is 0 Å². The maximum atomic E-state index is 11.9. The van der Waals surface area contributed by atoms with Gasteiger partial charge in [0, 0.05) is 19.6 Å². The van der Waals surface area contributed by atoms with Crippen molar-refractivity contribution in [2.45, 2.75) is 19.8 Å². The molecule has 104 valence electrons. The summed E-state index contributed by atoms with van der Waals surface area (Å²) in [5.41, 5.74) is 0.361. The van der Waals surface area contributed by atoms with Crippen molar-refractivity contribution in [2.24, 2.45) is 0 Å². The van der Waals surface area contributed by atoms with Crippen molar-refractivity contribution < 1.29 is 4.79 Å². The highest BCUT2D eigenvalue weighted by atomic mass is 16.1. The molecule has 1 aliphatic heterocycles. The van der Waals surface area contributed by atoms with Crippen LogP contribution in [0.1, 0.15) is 30.3 Å². The second kappa shape index (κ2) is 7.04. The molecule has 0 aliphatic carbocycles. The van der Waals surface area contributed by atoms with Crippen LogP contribution in [0.4, 0.5) is 5.82 Å². The van der Waals surface area contributed by atoms with E-state index in [9.17, 15) is 4.79 Å². The summed E-state index contributed by atoms with van der Waals surface area (Å²) in [5, 5.41) is 5.93. The average molecular weight is 263 g/mol. The molecule has 0 unspecified atom stereocenters. The van der Waals surface area contributed by atoms with Crippen LogP contribution in [-0.2, 0) is 0 Å². The number of amides is 1. The van der Waals surface area contributed by atoms with E-state index in [0.29, 0.717) is 18.1 Å². The van der Waals surface area contributed by atoms with Crippen LogP contribution in [0.5, 0.6) is 0 Å². The normalized spacial score (nSPS) is 15.4. The molecule has 1 amide bonds. The SMILES string of the molecule is CCNc1cncc(C(=O)NCCN2CCCC2)n1. The summed E-state index contributed by atoms with van der Waals surface area (Å²) >= 11 is 0. The van der Waals surface area contributed by atoms with Crippen molar-refractivity contribution in [1.82, 2.24) is 20.2 Å². The lowest BCUT2D eigenvalue weighted by Crippen LogP contribution is -2.34. The van der Waals surface area contributed by atoms with Gasteiger partial charge in [-0.05, 0) is 32.9 Å². The molecule has 1 aromatic rings. The highest BCUT2D eigenvalue weighted by Crippen LogP contribution is 2.05. The third-order valence-corrected chi connectivity index (χ3v) is 3.14. The first-order valence-corrected chi connectivity index (χ1v) is 6.86. The van der Waals surface area contributed by atoms with Gasteiger partial charge in [0.15, 0.2) is 0 Å². The molecule has 1 aromatic heterocycles. The summed E-state index contributed by atoms with van der Waals surface area (Å²) in [4.78, 5) is 22.5. The van der Waals surface area contributed by atoms with Crippen molar-refractivity contribution >= 4 is 11.7 Å². The lowest BCUT2D eigenvalue weighted by molar-refractivity contribution is 0.0944. The molecular weight excluding hydrogens is 242 g/mol. The maximum absolute atomic E-state index is 11.9. The minimum absolute atomic E-state index is 0.161. The fourth-order valence-corrected chi connectivity index (χ4v) is 2.17. The van der Waals surface area contributed by atoms with Crippen LogP contribution in [0.2, 0.25) is 0 Å². The molecule has 0 aromatic carbocycles. The Morgan fingerprint density at radius 1 is 1.37 bits per heavy atom. The van der Waals surface area contributed by atoms with Crippen molar-refractivity contribution in [3.63, 3.8) is 0 Å². The second-order valence-corrected chi connectivity index (χ2v) is 4.62. The largest absolute Gasteiger partial charge is 0.369 e. The van der Waals surface area contributed by atoms with E-state index in [1.165, 1.54) is 19.0 Å². The van der Waals surface area contributed by atoms with Gasteiger partial charge in [0.05, 0.1) is 12.4 Å². The first-order valence-electron chi connectivity index (χ1n) is 6.86. The average Bonchev–Trinajstić information content (AvgIpc) is 2.92. The third kappa shape index (κ3) is 4.17. The second-order valence-electron chi connectivity index (χ2n) is 4.62. The van der Waals surface area contributed by atoms with E-state index in [4.69, 9.17) is 0 Å². The Morgan fingerprint density at radius 2 is 2.16 bits per heavy atom. The predicted octanol–water partition coefficient (Wildman–Crippen LogP) is 0.734. The van der Waals surface area contributed by atoms with E-state index in [-0.39, 0.29) is 5.91 Å². The summed E-state index contributed by atoms with van der Waals surface area (Å²) in [6.07, 6.45) is 5.64. The van der Waals surface area contributed by atoms with Crippen molar-refractivity contribution in [2.75, 3.05) is 38.0 Å². The van der Waals surface area contributed by atoms with Gasteiger partial charge in [-0.2, -0.15) is 0 Å². The van der Waals surface area contributed by atoms with Crippen LogP contribution in [0, 0.1) is 0 Å². The van der Waals surface area contributed by atoms with E-state index in [1.54, 1.807) is 6.20 Å². The summed E-state index contributed by atoms with van der Waals surface area (Å²) < 4.78 is 0. The molecule has 2 heterocycles. The van der Waals surface area contributed by atoms with Crippen LogP contribution in [0.15, 0.2) is 12.4 Å². The topological polar surface area (TPSA) is 70.2 Å². The van der Waals surface area contributed by atoms with Gasteiger partial charge in [-0.3, -0.25) is 9.78 Å². The summed E-state index contributed by atoms with van der Waals surface area (Å²) in [6.45, 7) is 6.59. The number of nitrogens with zero attached hydrogens (tertiary/aromatic N) is 3. The zero-order valence-corrected chi connectivity index (χ0v) is 11.4. The molecule has 2 rings (SSSR count). The highest BCUT2D eigenvalue weighted by molar-refractivity contribution is 5.92. The Morgan fingerprint density at radius 3 is 2.89 bits per heavy atom. The lowest BCUT2D eigenvalue weighted by Gasteiger charge is -2.14. The zero-order valence-electron chi connectivity index (χ0n) is 11.4. The van der Waals surface area contributed by atoms with Crippen LogP contribution in [0.3, 0.4) is 0 Å². The van der Waals surface area contributed by atoms with E-state index in [1.807, 2.05) is 6.92 Å². The molecule has 0 radical (unpaired) electrons. The summed E-state index contributed by atoms with van der Waals surface area (Å²) in [5.74, 6) is 0.473. The molecule has 0 spiro atoms. The molecule has 1 saturated heterocycles. The monoisotopic (exact) mass is 263 g/mol. The molecular formula is C13H21N5O. The summed E-state index contributed by atoms with van der Waals surface area (Å²) in [6, 6.07) is 0. The third-order valence-electron chi connectivity index (χ3n) is 3.14. The van der Waals surface area contributed by atoms with Gasteiger partial charge in [0.1, 0.15) is 11.5 Å². The predicted molar refractivity (Wildman–Crippen MR) is 74.2 cm³/mol. The lowest BCUT2D eigenvalue weighted by atomic mass is 10.4. The Bertz CT molecular complexity index is 417. The van der Waals surface area contributed by atoms with Gasteiger partial charge in [0.25, 0.3) is 5.91 Å². The van der Waals surface area contributed by atoms with Gasteiger partial charge >= 0.3 is 0 Å². The molecule has 1 fully saturated rings. The van der Waals surface area contributed by atoms with Gasteiger partial charge in [-0.1, -0.05) is 0 Å². The van der Waals surface area contributed by atoms with Crippen molar-refractivity contribution in [1.29, 1.82) is 0 Å². The molecule has 19 heavy (non-hydrogen) atoms. The Balaban J connectivity index is 1.79. The number of nitrogens with one attached hydrogen (secondary N) is 2. The fourth-order valence-electron chi connectivity index (χ4n) is 2.17. The van der Waals surface area contributed by atoms with Crippen LogP contribution in [-0.4, -0.2) is 53.5 Å². The van der Waals surface area contributed by atoms with E-state index in [0.717, 1.165) is 26.2 Å². The van der Waals surface area contributed by atoms with E-state index >= 15 is 0 Å². The highest BCUT2D eigenvalue weighted by Gasteiger charge is 2.12. The molecule has 6 heteroatoms. The first kappa shape index (κ1) is 13.7. The van der Waals surface area contributed by atoms with Gasteiger partial charge in [-0.15, -0.1) is 0 Å². The van der Waals surface area contributed by atoms with Crippen molar-refractivity contribution in [3.8, 4) is 0 Å². The fraction of sp³-hybridized carbons (Fsp3) is 0.615. The Kier molecular flexibility index (Phi) is 5.09. The number of rotatable bonds is 6. The Hall–Kier alpha value is -1.69. The van der Waals surface area contributed by atoms with Crippen LogP contribution < -0.4 is 10.6 Å². The number of carbonyl (C=O) groups is 1. The minimum Gasteiger partial charge on any atom is -0.369 e. The van der Waals surface area contributed by atoms with Gasteiger partial charge < -0.3 is 15.5 Å². The number of aromatic nitrogens is 2. The van der Waals surface area contributed by atoms with Gasteiger partial charge in [-0.25, -0.2) is 4.98 Å². The molecule has 2 N–H and O–H groups in total. The van der Waals surface area contributed by atoms with Crippen molar-refractivity contribution in [3.05, 3.63) is 18.1 Å². The molecule has 0 bridgehead atoms. The molecule has 0 atom stereocenters. The molecule has 0 saturated carbocycles. The number of likely N-dealkylation sites (tertiary alicyclic amines) is 1. The van der Waals surface area contributed by atoms with Gasteiger partial charge in [0.2, 0.25) is 0 Å². The first-order chi connectivity index (χ1) is 9.29. The van der Waals surface area contributed by atoms with E-state index in [2.05, 4.69) is 25.5 Å². The number of anilines is 1. The number of hydrogen-bond acceptors (Lipinski definition) is 5. The molecule has 6 nitrogen and oxygen atoms in total. The Labute approximate surface area is 113 Å². The number of carbonyl (C=O) groups excluding carboxylic acids is 1. The zero-order chi connectivity index (χ0) is 13.5. The molecule has 1 aliphatic rings. The smallest absolute Gasteiger partial charge is 0.271 e. The van der Waals surface area contributed by atoms with Crippen LogP contribution >= 0.6 is 0 Å². The van der Waals surface area contributed by atoms with E-state index < -0.39 is 0 Å². The maximum Gasteiger partial charge on any atom is 0.271 e. The number of hydrogen-bond donors (Lipinski definition) is 2. The quantitative estimate of drug-likeness (QED) is 0.792. The standard InChI is InChI=1S/C13H21N5O/c1-2-15-12-10-14-9-11(17-12)13(19)16-5-8-18-6-3-4-7-18/h9-10H,2-8H2,1H3,(H,15,17)(H,16,19).